The Bertz CT molecular complexity index is 1350. The second kappa shape index (κ2) is 75.8. The van der Waals surface area contributed by atoms with Crippen molar-refractivity contribution in [1.82, 2.24) is 5.32 Å². The highest BCUT2D eigenvalue weighted by molar-refractivity contribution is 5.76. The molecule has 0 aliphatic carbocycles. The maximum Gasteiger partial charge on any atom is 0.305 e. The lowest BCUT2D eigenvalue weighted by atomic mass is 10.0. The first-order valence-corrected chi connectivity index (χ1v) is 39.6. The van der Waals surface area contributed by atoms with E-state index in [0.29, 0.717) is 25.9 Å². The van der Waals surface area contributed by atoms with Gasteiger partial charge in [-0.2, -0.15) is 0 Å². The zero-order chi connectivity index (χ0) is 62.0. The van der Waals surface area contributed by atoms with E-state index in [2.05, 4.69) is 43.5 Å². The van der Waals surface area contributed by atoms with E-state index in [1.165, 1.54) is 372 Å². The van der Waals surface area contributed by atoms with Gasteiger partial charge in [-0.3, -0.25) is 9.59 Å². The summed E-state index contributed by atoms with van der Waals surface area (Å²) in [5.41, 5.74) is 0. The van der Waals surface area contributed by atoms with Crippen LogP contribution in [0.4, 0.5) is 0 Å². The predicted molar refractivity (Wildman–Crippen MR) is 380 cm³/mol. The second-order valence-corrected chi connectivity index (χ2v) is 27.4. The Morgan fingerprint density at radius 2 is 0.547 bits per heavy atom. The summed E-state index contributed by atoms with van der Waals surface area (Å²) in [5, 5.41) is 23.5. The van der Waals surface area contributed by atoms with Gasteiger partial charge in [0.05, 0.1) is 25.4 Å². The van der Waals surface area contributed by atoms with Crippen molar-refractivity contribution in [3.63, 3.8) is 0 Å². The highest BCUT2D eigenvalue weighted by atomic mass is 16.5. The van der Waals surface area contributed by atoms with Gasteiger partial charge in [-0.15, -0.1) is 0 Å². The minimum absolute atomic E-state index is 0.0137. The minimum Gasteiger partial charge on any atom is -0.466 e. The van der Waals surface area contributed by atoms with Gasteiger partial charge in [0, 0.05) is 12.8 Å². The summed E-state index contributed by atoms with van der Waals surface area (Å²) < 4.78 is 5.51. The second-order valence-electron chi connectivity index (χ2n) is 27.4. The number of aliphatic hydroxyl groups excluding tert-OH is 2. The number of carbonyl (C=O) groups excluding carboxylic acids is 2. The lowest BCUT2D eigenvalue weighted by Crippen LogP contribution is -2.45. The molecule has 0 rings (SSSR count). The fourth-order valence-corrected chi connectivity index (χ4v) is 12.7. The molecular formula is C80H155NO5. The Morgan fingerprint density at radius 3 is 0.826 bits per heavy atom. The number of esters is 1. The molecule has 2 unspecified atom stereocenters. The van der Waals surface area contributed by atoms with Crippen molar-refractivity contribution in [3.8, 4) is 0 Å². The fourth-order valence-electron chi connectivity index (χ4n) is 12.7. The van der Waals surface area contributed by atoms with Crippen LogP contribution in [0.2, 0.25) is 0 Å². The van der Waals surface area contributed by atoms with Crippen LogP contribution in [0.25, 0.3) is 0 Å². The number of allylic oxidation sites excluding steroid dienone is 4. The van der Waals surface area contributed by atoms with Gasteiger partial charge in [-0.1, -0.05) is 385 Å². The zero-order valence-electron chi connectivity index (χ0n) is 58.6. The predicted octanol–water partition coefficient (Wildman–Crippen LogP) is 26.0. The number of rotatable bonds is 75. The highest BCUT2D eigenvalue weighted by Crippen LogP contribution is 2.20. The normalized spacial score (nSPS) is 12.6. The van der Waals surface area contributed by atoms with Crippen LogP contribution >= 0.6 is 0 Å². The Hall–Kier alpha value is -1.66. The molecule has 0 saturated heterocycles. The molecule has 0 saturated carbocycles. The first-order chi connectivity index (χ1) is 42.5. The molecule has 0 aliphatic heterocycles. The third kappa shape index (κ3) is 71.4. The Labute approximate surface area is 539 Å². The summed E-state index contributed by atoms with van der Waals surface area (Å²) in [6, 6.07) is -0.543. The lowest BCUT2D eigenvalue weighted by molar-refractivity contribution is -0.143. The summed E-state index contributed by atoms with van der Waals surface area (Å²) in [7, 11) is 0. The number of hydrogen-bond acceptors (Lipinski definition) is 5. The van der Waals surface area contributed by atoms with Crippen molar-refractivity contribution < 1.29 is 24.5 Å². The molecule has 0 aliphatic rings. The quantitative estimate of drug-likeness (QED) is 0.0320. The van der Waals surface area contributed by atoms with Crippen molar-refractivity contribution >= 4 is 11.9 Å². The van der Waals surface area contributed by atoms with Crippen molar-refractivity contribution in [2.75, 3.05) is 13.2 Å². The van der Waals surface area contributed by atoms with Crippen molar-refractivity contribution in [2.24, 2.45) is 0 Å². The molecule has 0 aromatic heterocycles. The molecule has 0 spiro atoms. The maximum atomic E-state index is 12.6. The molecule has 1 amide bonds. The standard InChI is InChI=1S/C80H155NO5/c1-3-5-7-9-11-13-15-17-19-21-22-23-24-31-34-37-41-44-48-52-56-60-64-68-72-78(83)77(76-82)81-79(84)73-69-65-61-57-53-49-45-42-38-35-32-29-27-25-26-28-30-33-36-39-43-47-51-55-59-63-67-71-75-86-80(85)74-70-66-62-58-54-50-46-40-20-18-16-14-12-10-8-6-4-2/h18,20,25-26,77-78,82-83H,3-17,19,21-24,27-76H2,1-2H3,(H,81,84)/b20-18-,26-25-. The number of aliphatic hydroxyl groups is 2. The van der Waals surface area contributed by atoms with Crippen LogP contribution in [-0.4, -0.2) is 47.4 Å². The van der Waals surface area contributed by atoms with Gasteiger partial charge in [-0.05, 0) is 77.0 Å². The van der Waals surface area contributed by atoms with E-state index in [1.54, 1.807) is 0 Å². The van der Waals surface area contributed by atoms with Crippen molar-refractivity contribution in [1.29, 1.82) is 0 Å². The molecule has 6 heteroatoms. The topological polar surface area (TPSA) is 95.9 Å². The van der Waals surface area contributed by atoms with Crippen LogP contribution in [0.1, 0.15) is 450 Å². The number of nitrogens with one attached hydrogen (secondary N) is 1. The van der Waals surface area contributed by atoms with Gasteiger partial charge >= 0.3 is 5.97 Å². The van der Waals surface area contributed by atoms with E-state index < -0.39 is 12.1 Å². The van der Waals surface area contributed by atoms with Gasteiger partial charge in [0.2, 0.25) is 5.91 Å². The van der Waals surface area contributed by atoms with E-state index in [1.807, 2.05) is 0 Å². The average Bonchev–Trinajstić information content (AvgIpc) is 3.53. The van der Waals surface area contributed by atoms with Gasteiger partial charge in [-0.25, -0.2) is 0 Å². The van der Waals surface area contributed by atoms with Crippen LogP contribution in [0, 0.1) is 0 Å². The van der Waals surface area contributed by atoms with Crippen LogP contribution < -0.4 is 5.32 Å². The number of unbranched alkanes of at least 4 members (excludes halogenated alkanes) is 60. The largest absolute Gasteiger partial charge is 0.466 e. The lowest BCUT2D eigenvalue weighted by Gasteiger charge is -2.22. The summed E-state index contributed by atoms with van der Waals surface area (Å²) in [4.78, 5) is 24.7. The van der Waals surface area contributed by atoms with Crippen LogP contribution in [0.3, 0.4) is 0 Å². The molecule has 0 aromatic carbocycles. The molecule has 510 valence electrons. The molecular weight excluding hydrogens is 1050 g/mol. The van der Waals surface area contributed by atoms with Gasteiger partial charge in [0.15, 0.2) is 0 Å². The molecule has 6 nitrogen and oxygen atoms in total. The maximum absolute atomic E-state index is 12.6. The molecule has 3 N–H and O–H groups in total. The monoisotopic (exact) mass is 1210 g/mol. The van der Waals surface area contributed by atoms with E-state index >= 15 is 0 Å². The van der Waals surface area contributed by atoms with Crippen LogP contribution in [0.5, 0.6) is 0 Å². The summed E-state index contributed by atoms with van der Waals surface area (Å²) in [6.07, 6.45) is 96.9. The van der Waals surface area contributed by atoms with Gasteiger partial charge in [0.1, 0.15) is 0 Å². The highest BCUT2D eigenvalue weighted by Gasteiger charge is 2.20. The molecule has 86 heavy (non-hydrogen) atoms. The van der Waals surface area contributed by atoms with Crippen molar-refractivity contribution in [2.45, 2.75) is 463 Å². The molecule has 2 atom stereocenters. The van der Waals surface area contributed by atoms with Gasteiger partial charge in [0.25, 0.3) is 0 Å². The van der Waals surface area contributed by atoms with Crippen molar-refractivity contribution in [3.05, 3.63) is 24.3 Å². The first kappa shape index (κ1) is 84.3. The summed E-state index contributed by atoms with van der Waals surface area (Å²) in [5.74, 6) is -0.0156. The first-order valence-electron chi connectivity index (χ1n) is 39.6. The molecule has 0 fully saturated rings. The average molecular weight is 1210 g/mol. The molecule has 0 heterocycles. The minimum atomic E-state index is -0.666. The van der Waals surface area contributed by atoms with E-state index in [9.17, 15) is 19.8 Å². The third-order valence-corrected chi connectivity index (χ3v) is 18.7. The Kier molecular flexibility index (Phi) is 74.3. The number of carbonyl (C=O) groups is 2. The molecule has 0 bridgehead atoms. The summed E-state index contributed by atoms with van der Waals surface area (Å²) in [6.45, 7) is 5.00. The third-order valence-electron chi connectivity index (χ3n) is 18.7. The number of hydrogen-bond donors (Lipinski definition) is 3. The fraction of sp³-hybridized carbons (Fsp3) is 0.925. The van der Waals surface area contributed by atoms with Crippen LogP contribution in [-0.2, 0) is 14.3 Å². The van der Waals surface area contributed by atoms with E-state index in [4.69, 9.17) is 4.74 Å². The van der Waals surface area contributed by atoms with Crippen LogP contribution in [0.15, 0.2) is 24.3 Å². The SMILES string of the molecule is CCCCCCCC/C=C\CCCCCCCCCC(=O)OCCCCCCCCCCCCCC/C=C\CCCCCCCCCCCCCCC(=O)NC(CO)C(O)CCCCCCCCCCCCCCCCCCCCCCCCCC. The number of amides is 1. The molecule has 0 radical (unpaired) electrons. The van der Waals surface area contributed by atoms with Gasteiger partial charge < -0.3 is 20.3 Å². The molecule has 0 aromatic rings. The Balaban J connectivity index is 3.37. The van der Waals surface area contributed by atoms with E-state index in [0.717, 1.165) is 44.9 Å². The smallest absolute Gasteiger partial charge is 0.305 e. The summed E-state index contributed by atoms with van der Waals surface area (Å²) >= 11 is 0. The Morgan fingerprint density at radius 1 is 0.314 bits per heavy atom. The zero-order valence-corrected chi connectivity index (χ0v) is 58.6. The number of ether oxygens (including phenoxy) is 1. The van der Waals surface area contributed by atoms with E-state index in [-0.39, 0.29) is 18.5 Å².